The summed E-state index contributed by atoms with van der Waals surface area (Å²) >= 11 is 0. The minimum absolute atomic E-state index is 0.118. The van der Waals surface area contributed by atoms with Gasteiger partial charge in [-0.15, -0.1) is 0 Å². The van der Waals surface area contributed by atoms with Crippen molar-refractivity contribution in [3.8, 4) is 0 Å². The van der Waals surface area contributed by atoms with Gasteiger partial charge in [0.15, 0.2) is 11.7 Å². The first-order valence-corrected chi connectivity index (χ1v) is 8.61. The Hall–Kier alpha value is -2.68. The standard InChI is InChI=1S/C11H17N5.C6H8O4/c1-9-8-14-11-10(13-4-7-16(9)11)15-5-2-12-3-6-15;7-5(8)3-1-2-4-6(9)10/h4,7,9,12H,2-3,5-6,8H2,1H3;1-2H,3-4H2,(H,7,8)(H,9,10)/b;2-1-. The fourth-order valence-electron chi connectivity index (χ4n) is 2.70. The van der Waals surface area contributed by atoms with Crippen molar-refractivity contribution in [2.75, 3.05) is 32.7 Å². The Morgan fingerprint density at radius 3 is 2.38 bits per heavy atom. The molecule has 0 spiro atoms. The maximum atomic E-state index is 9.85. The molecule has 3 N–H and O–H groups in total. The van der Waals surface area contributed by atoms with Crippen LogP contribution >= 0.6 is 0 Å². The number of nitrogens with one attached hydrogen (secondary N) is 1. The molecule has 0 aromatic carbocycles. The van der Waals surface area contributed by atoms with Crippen molar-refractivity contribution in [1.29, 1.82) is 0 Å². The molecule has 142 valence electrons. The number of amidine groups is 2. The van der Waals surface area contributed by atoms with E-state index in [9.17, 15) is 9.59 Å². The van der Waals surface area contributed by atoms with Crippen molar-refractivity contribution in [3.05, 3.63) is 24.6 Å². The summed E-state index contributed by atoms with van der Waals surface area (Å²) in [4.78, 5) is 33.3. The highest BCUT2D eigenvalue weighted by Crippen LogP contribution is 2.17. The topological polar surface area (TPSA) is 118 Å². The number of hydrogen-bond donors (Lipinski definition) is 3. The van der Waals surface area contributed by atoms with Crippen LogP contribution in [0.2, 0.25) is 0 Å². The zero-order chi connectivity index (χ0) is 18.9. The van der Waals surface area contributed by atoms with E-state index in [-0.39, 0.29) is 12.8 Å². The van der Waals surface area contributed by atoms with Crippen LogP contribution in [0.1, 0.15) is 19.8 Å². The molecule has 1 atom stereocenters. The molecule has 0 radical (unpaired) electrons. The van der Waals surface area contributed by atoms with E-state index in [0.29, 0.717) is 6.04 Å². The molecular weight excluding hydrogens is 338 g/mol. The number of carbonyl (C=O) groups is 2. The van der Waals surface area contributed by atoms with Crippen LogP contribution in [0, 0.1) is 0 Å². The van der Waals surface area contributed by atoms with Gasteiger partial charge in [-0.05, 0) is 6.92 Å². The third-order valence-electron chi connectivity index (χ3n) is 4.02. The molecule has 9 heteroatoms. The van der Waals surface area contributed by atoms with Gasteiger partial charge in [0.25, 0.3) is 0 Å². The van der Waals surface area contributed by atoms with E-state index in [1.807, 2.05) is 12.4 Å². The SMILES string of the molecule is CC1CN=C2C(N3CCNCC3)=NC=CN21.O=C(O)C/C=C\CC(=O)O. The van der Waals surface area contributed by atoms with Gasteiger partial charge in [0.1, 0.15) is 0 Å². The highest BCUT2D eigenvalue weighted by Gasteiger charge is 2.31. The largest absolute Gasteiger partial charge is 0.481 e. The molecular formula is C17H25N5O4. The summed E-state index contributed by atoms with van der Waals surface area (Å²) in [5.41, 5.74) is 0. The third kappa shape index (κ3) is 5.69. The molecule has 1 unspecified atom stereocenters. The van der Waals surface area contributed by atoms with Gasteiger partial charge in [0.05, 0.1) is 25.4 Å². The lowest BCUT2D eigenvalue weighted by atomic mass is 10.2. The van der Waals surface area contributed by atoms with E-state index in [4.69, 9.17) is 10.2 Å². The van der Waals surface area contributed by atoms with Crippen molar-refractivity contribution in [2.45, 2.75) is 25.8 Å². The molecule has 0 saturated carbocycles. The van der Waals surface area contributed by atoms with E-state index in [1.165, 1.54) is 12.2 Å². The first-order chi connectivity index (χ1) is 12.5. The van der Waals surface area contributed by atoms with Crippen LogP contribution in [0.5, 0.6) is 0 Å². The fraction of sp³-hybridized carbons (Fsp3) is 0.529. The Morgan fingerprint density at radius 2 is 1.81 bits per heavy atom. The lowest BCUT2D eigenvalue weighted by molar-refractivity contribution is -0.137. The number of nitrogens with zero attached hydrogens (tertiary/aromatic N) is 4. The van der Waals surface area contributed by atoms with Gasteiger partial charge in [0.2, 0.25) is 0 Å². The average Bonchev–Trinajstić information content (AvgIpc) is 3.01. The lowest BCUT2D eigenvalue weighted by Crippen LogP contribution is -2.52. The van der Waals surface area contributed by atoms with Gasteiger partial charge >= 0.3 is 11.9 Å². The van der Waals surface area contributed by atoms with Gasteiger partial charge in [-0.2, -0.15) is 0 Å². The molecule has 0 amide bonds. The van der Waals surface area contributed by atoms with E-state index < -0.39 is 11.9 Å². The van der Waals surface area contributed by atoms with Crippen LogP contribution in [0.25, 0.3) is 0 Å². The van der Waals surface area contributed by atoms with E-state index in [1.54, 1.807) is 0 Å². The van der Waals surface area contributed by atoms with Crippen LogP contribution in [-0.2, 0) is 9.59 Å². The molecule has 3 aliphatic heterocycles. The van der Waals surface area contributed by atoms with Crippen LogP contribution in [-0.4, -0.2) is 82.4 Å². The summed E-state index contributed by atoms with van der Waals surface area (Å²) in [5, 5.41) is 19.5. The molecule has 0 bridgehead atoms. The Labute approximate surface area is 152 Å². The Kier molecular flexibility index (Phi) is 7.34. The second-order valence-corrected chi connectivity index (χ2v) is 6.08. The maximum absolute atomic E-state index is 9.85. The van der Waals surface area contributed by atoms with Crippen molar-refractivity contribution in [1.82, 2.24) is 15.1 Å². The van der Waals surface area contributed by atoms with Gasteiger partial charge in [-0.3, -0.25) is 14.6 Å². The summed E-state index contributed by atoms with van der Waals surface area (Å²) in [6.07, 6.45) is 6.31. The predicted molar refractivity (Wildman–Crippen MR) is 98.3 cm³/mol. The third-order valence-corrected chi connectivity index (χ3v) is 4.02. The summed E-state index contributed by atoms with van der Waals surface area (Å²) in [6.45, 7) is 7.19. The van der Waals surface area contributed by atoms with Crippen LogP contribution in [0.15, 0.2) is 34.5 Å². The van der Waals surface area contributed by atoms with Crippen molar-refractivity contribution >= 4 is 23.6 Å². The highest BCUT2D eigenvalue weighted by molar-refractivity contribution is 6.41. The van der Waals surface area contributed by atoms with Crippen molar-refractivity contribution in [3.63, 3.8) is 0 Å². The number of aliphatic carboxylic acids is 2. The predicted octanol–water partition coefficient (Wildman–Crippen LogP) is 0.370. The molecule has 1 fully saturated rings. The van der Waals surface area contributed by atoms with E-state index in [0.717, 1.165) is 44.4 Å². The molecule has 0 aromatic rings. The minimum Gasteiger partial charge on any atom is -0.481 e. The lowest BCUT2D eigenvalue weighted by Gasteiger charge is -2.34. The molecule has 3 aliphatic rings. The molecule has 26 heavy (non-hydrogen) atoms. The molecule has 0 aromatic heterocycles. The fourth-order valence-corrected chi connectivity index (χ4v) is 2.70. The Bertz CT molecular complexity index is 617. The molecule has 3 rings (SSSR count). The van der Waals surface area contributed by atoms with Gasteiger partial charge in [-0.25, -0.2) is 4.99 Å². The smallest absolute Gasteiger partial charge is 0.307 e. The Balaban J connectivity index is 0.000000213. The van der Waals surface area contributed by atoms with Crippen LogP contribution in [0.3, 0.4) is 0 Å². The highest BCUT2D eigenvalue weighted by atomic mass is 16.4. The Morgan fingerprint density at radius 1 is 1.19 bits per heavy atom. The van der Waals surface area contributed by atoms with Crippen LogP contribution in [0.4, 0.5) is 0 Å². The van der Waals surface area contributed by atoms with Crippen molar-refractivity contribution in [2.24, 2.45) is 9.98 Å². The van der Waals surface area contributed by atoms with Gasteiger partial charge in [-0.1, -0.05) is 12.2 Å². The quantitative estimate of drug-likeness (QED) is 0.618. The normalized spacial score (nSPS) is 21.7. The van der Waals surface area contributed by atoms with Gasteiger partial charge in [0, 0.05) is 38.6 Å². The number of carboxylic acids is 2. The summed E-state index contributed by atoms with van der Waals surface area (Å²) in [5.74, 6) is 0.188. The monoisotopic (exact) mass is 363 g/mol. The minimum atomic E-state index is -0.957. The zero-order valence-electron chi connectivity index (χ0n) is 14.8. The number of carboxylic acid groups (broad SMARTS) is 2. The molecule has 9 nitrogen and oxygen atoms in total. The summed E-state index contributed by atoms with van der Waals surface area (Å²) < 4.78 is 0. The zero-order valence-corrected chi connectivity index (χ0v) is 14.8. The molecule has 3 heterocycles. The first kappa shape index (κ1) is 19.6. The van der Waals surface area contributed by atoms with E-state index in [2.05, 4.69) is 32.0 Å². The number of hydrogen-bond acceptors (Lipinski definition) is 7. The average molecular weight is 363 g/mol. The second-order valence-electron chi connectivity index (χ2n) is 6.08. The number of aliphatic imine (C=N–C) groups is 2. The summed E-state index contributed by atoms with van der Waals surface area (Å²) in [6, 6.07) is 0.472. The van der Waals surface area contributed by atoms with Crippen molar-refractivity contribution < 1.29 is 19.8 Å². The maximum Gasteiger partial charge on any atom is 0.307 e. The molecule has 1 saturated heterocycles. The second kappa shape index (κ2) is 9.71. The van der Waals surface area contributed by atoms with Gasteiger partial charge < -0.3 is 25.3 Å². The van der Waals surface area contributed by atoms with Crippen LogP contribution < -0.4 is 5.32 Å². The first-order valence-electron chi connectivity index (χ1n) is 8.61. The summed E-state index contributed by atoms with van der Waals surface area (Å²) in [7, 11) is 0. The van der Waals surface area contributed by atoms with E-state index >= 15 is 0 Å². The number of rotatable bonds is 4. The number of piperazine rings is 1. The number of fused-ring (bicyclic) bond motifs is 1. The molecule has 0 aliphatic carbocycles.